The van der Waals surface area contributed by atoms with Gasteiger partial charge in [-0.05, 0) is 18.6 Å². The lowest BCUT2D eigenvalue weighted by Gasteiger charge is -2.21. The maximum atomic E-state index is 12.4. The van der Waals surface area contributed by atoms with Crippen LogP contribution >= 0.6 is 0 Å². The van der Waals surface area contributed by atoms with E-state index in [1.54, 1.807) is 0 Å². The molecule has 1 aromatic rings. The number of alkyl halides is 3. The summed E-state index contributed by atoms with van der Waals surface area (Å²) in [5.74, 6) is 0. The number of hydroxylamine groups is 1. The maximum Gasteiger partial charge on any atom is 0.513 e. The van der Waals surface area contributed by atoms with E-state index >= 15 is 0 Å². The van der Waals surface area contributed by atoms with E-state index in [4.69, 9.17) is 0 Å². The second-order valence-corrected chi connectivity index (χ2v) is 5.01. The molecule has 9 heteroatoms. The lowest BCUT2D eigenvalue weighted by Crippen LogP contribution is -2.40. The third-order valence-corrected chi connectivity index (χ3v) is 3.22. The maximum absolute atomic E-state index is 12.4. The first-order chi connectivity index (χ1) is 8.29. The molecule has 0 saturated heterocycles. The molecule has 0 saturated carbocycles. The Bertz CT molecular complexity index is 476. The van der Waals surface area contributed by atoms with E-state index in [0.717, 1.165) is 0 Å². The number of pyridine rings is 1. The van der Waals surface area contributed by atoms with Gasteiger partial charge in [0.1, 0.15) is 0 Å². The van der Waals surface area contributed by atoms with Crippen LogP contribution in [-0.4, -0.2) is 30.0 Å². The zero-order valence-corrected chi connectivity index (χ0v) is 10.2. The predicted molar refractivity (Wildman–Crippen MR) is 56.4 cm³/mol. The summed E-state index contributed by atoms with van der Waals surface area (Å²) < 4.78 is 59.5. The van der Waals surface area contributed by atoms with Gasteiger partial charge in [0.15, 0.2) is 0 Å². The van der Waals surface area contributed by atoms with Crippen LogP contribution in [0.1, 0.15) is 12.5 Å². The fourth-order valence-electron chi connectivity index (χ4n) is 1.10. The number of hydrogen-bond donors (Lipinski definition) is 0. The molecule has 0 amide bonds. The van der Waals surface area contributed by atoms with Crippen LogP contribution in [0, 0.1) is 0 Å². The smallest absolute Gasteiger partial charge is 0.284 e. The van der Waals surface area contributed by atoms with Crippen molar-refractivity contribution in [1.82, 2.24) is 9.45 Å². The van der Waals surface area contributed by atoms with Crippen molar-refractivity contribution in [3.05, 3.63) is 30.1 Å². The molecule has 1 rings (SSSR count). The first kappa shape index (κ1) is 14.9. The van der Waals surface area contributed by atoms with Gasteiger partial charge in [-0.15, -0.1) is 0 Å². The van der Waals surface area contributed by atoms with Gasteiger partial charge in [0.05, 0.1) is 13.2 Å². The van der Waals surface area contributed by atoms with Gasteiger partial charge in [-0.1, -0.05) is 10.5 Å². The lowest BCUT2D eigenvalue weighted by atomic mass is 10.3. The van der Waals surface area contributed by atoms with Crippen molar-refractivity contribution >= 4 is 10.0 Å². The molecular formula is C9H11F3N2O3S. The second kappa shape index (κ2) is 5.63. The van der Waals surface area contributed by atoms with E-state index in [1.165, 1.54) is 31.5 Å². The van der Waals surface area contributed by atoms with Crippen molar-refractivity contribution < 1.29 is 26.4 Å². The number of rotatable bonds is 5. The molecule has 0 unspecified atom stereocenters. The highest BCUT2D eigenvalue weighted by atomic mass is 32.2. The van der Waals surface area contributed by atoms with E-state index in [0.29, 0.717) is 5.56 Å². The molecular weight excluding hydrogens is 273 g/mol. The van der Waals surface area contributed by atoms with Gasteiger partial charge in [-0.3, -0.25) is 9.82 Å². The van der Waals surface area contributed by atoms with Gasteiger partial charge in [-0.25, -0.2) is 8.42 Å². The van der Waals surface area contributed by atoms with Gasteiger partial charge >= 0.3 is 15.5 Å². The average Bonchev–Trinajstić information content (AvgIpc) is 2.28. The molecule has 102 valence electrons. The third-order valence-electron chi connectivity index (χ3n) is 1.87. The summed E-state index contributed by atoms with van der Waals surface area (Å²) in [5.41, 5.74) is -5.11. The van der Waals surface area contributed by atoms with Gasteiger partial charge < -0.3 is 0 Å². The molecule has 0 radical (unpaired) electrons. The standard InChI is InChI=1S/C9H11F3N2O3S/c1-2-17-14(18(15,16)9(10,11)12)7-8-4-3-5-13-6-8/h3-6H,2,7H2,1H3. The van der Waals surface area contributed by atoms with Crippen molar-refractivity contribution in [2.24, 2.45) is 0 Å². The molecule has 0 bridgehead atoms. The van der Waals surface area contributed by atoms with Crippen LogP contribution in [0.4, 0.5) is 13.2 Å². The number of hydrogen-bond acceptors (Lipinski definition) is 4. The highest BCUT2D eigenvalue weighted by Crippen LogP contribution is 2.28. The van der Waals surface area contributed by atoms with Gasteiger partial charge in [0, 0.05) is 12.4 Å². The van der Waals surface area contributed by atoms with Crippen LogP contribution in [0.25, 0.3) is 0 Å². The monoisotopic (exact) mass is 284 g/mol. The quantitative estimate of drug-likeness (QED) is 0.772. The molecule has 0 spiro atoms. The summed E-state index contributed by atoms with van der Waals surface area (Å²) in [5, 5.41) is 0. The highest BCUT2D eigenvalue weighted by molar-refractivity contribution is 7.89. The molecule has 0 aliphatic rings. The first-order valence-electron chi connectivity index (χ1n) is 4.90. The summed E-state index contributed by atoms with van der Waals surface area (Å²) in [4.78, 5) is 8.22. The van der Waals surface area contributed by atoms with E-state index in [2.05, 4.69) is 9.82 Å². The van der Waals surface area contributed by atoms with E-state index in [1.807, 2.05) is 0 Å². The van der Waals surface area contributed by atoms with E-state index < -0.39 is 22.1 Å². The van der Waals surface area contributed by atoms with E-state index in [9.17, 15) is 21.6 Å². The molecule has 1 heterocycles. The Labute approximate surface area is 102 Å². The summed E-state index contributed by atoms with van der Waals surface area (Å²) in [6.07, 6.45) is 2.69. The molecule has 0 N–H and O–H groups in total. The third kappa shape index (κ3) is 3.40. The number of aromatic nitrogens is 1. The Morgan fingerprint density at radius 1 is 1.44 bits per heavy atom. The molecule has 0 fully saturated rings. The lowest BCUT2D eigenvalue weighted by molar-refractivity contribution is -0.114. The SMILES string of the molecule is CCON(Cc1cccnc1)S(=O)(=O)C(F)(F)F. The van der Waals surface area contributed by atoms with Crippen LogP contribution in [-0.2, 0) is 21.4 Å². The topological polar surface area (TPSA) is 59.5 Å². The molecule has 0 aliphatic heterocycles. The van der Waals surface area contributed by atoms with Crippen LogP contribution in [0.2, 0.25) is 0 Å². The van der Waals surface area contributed by atoms with Gasteiger partial charge in [0.25, 0.3) is 0 Å². The van der Waals surface area contributed by atoms with Crippen molar-refractivity contribution in [2.75, 3.05) is 6.61 Å². The zero-order valence-electron chi connectivity index (χ0n) is 9.38. The fraction of sp³-hybridized carbons (Fsp3) is 0.444. The van der Waals surface area contributed by atoms with Crippen molar-refractivity contribution in [1.29, 1.82) is 0 Å². The minimum atomic E-state index is -5.52. The van der Waals surface area contributed by atoms with E-state index in [-0.39, 0.29) is 11.1 Å². The Hall–Kier alpha value is -1.19. The molecule has 0 aliphatic carbocycles. The fourth-order valence-corrected chi connectivity index (χ4v) is 1.89. The van der Waals surface area contributed by atoms with Crippen molar-refractivity contribution in [3.63, 3.8) is 0 Å². The first-order valence-corrected chi connectivity index (χ1v) is 6.34. The summed E-state index contributed by atoms with van der Waals surface area (Å²) in [6, 6.07) is 2.94. The van der Waals surface area contributed by atoms with Crippen molar-refractivity contribution in [3.8, 4) is 0 Å². The Kier molecular flexibility index (Phi) is 4.65. The van der Waals surface area contributed by atoms with Crippen LogP contribution in [0.5, 0.6) is 0 Å². The molecule has 5 nitrogen and oxygen atoms in total. The molecule has 18 heavy (non-hydrogen) atoms. The minimum Gasteiger partial charge on any atom is -0.284 e. The second-order valence-electron chi connectivity index (χ2n) is 3.19. The molecule has 1 aromatic heterocycles. The number of nitrogens with zero attached hydrogens (tertiary/aromatic N) is 2. The Balaban J connectivity index is 2.98. The highest BCUT2D eigenvalue weighted by Gasteiger charge is 2.50. The van der Waals surface area contributed by atoms with Gasteiger partial charge in [-0.2, -0.15) is 13.2 Å². The zero-order chi connectivity index (χ0) is 13.8. The largest absolute Gasteiger partial charge is 0.513 e. The van der Waals surface area contributed by atoms with Crippen LogP contribution in [0.3, 0.4) is 0 Å². The average molecular weight is 284 g/mol. The normalized spacial score (nSPS) is 12.9. The Morgan fingerprint density at radius 2 is 2.11 bits per heavy atom. The summed E-state index contributed by atoms with van der Waals surface area (Å²) >= 11 is 0. The van der Waals surface area contributed by atoms with Crippen LogP contribution < -0.4 is 0 Å². The van der Waals surface area contributed by atoms with Crippen LogP contribution in [0.15, 0.2) is 24.5 Å². The minimum absolute atomic E-state index is 0.0794. The predicted octanol–water partition coefficient (Wildman–Crippen LogP) is 1.68. The summed E-state index contributed by atoms with van der Waals surface area (Å²) in [7, 11) is -5.52. The number of sulfonamides is 1. The Morgan fingerprint density at radius 3 is 2.56 bits per heavy atom. The number of halogens is 3. The van der Waals surface area contributed by atoms with Gasteiger partial charge in [0.2, 0.25) is 0 Å². The van der Waals surface area contributed by atoms with Crippen molar-refractivity contribution in [2.45, 2.75) is 19.0 Å². The molecule has 0 atom stereocenters. The molecule has 0 aromatic carbocycles. The summed E-state index contributed by atoms with van der Waals surface area (Å²) in [6.45, 7) is 0.640.